The number of fused-ring (bicyclic) bond motifs is 1. The van der Waals surface area contributed by atoms with Gasteiger partial charge in [0.2, 0.25) is 0 Å². The molecule has 0 aliphatic heterocycles. The van der Waals surface area contributed by atoms with Gasteiger partial charge in [-0.05, 0) is 41.0 Å². The summed E-state index contributed by atoms with van der Waals surface area (Å²) < 4.78 is 65.5. The molecule has 2 aromatic heterocycles. The van der Waals surface area contributed by atoms with Crippen molar-refractivity contribution in [3.63, 3.8) is 0 Å². The number of amides is 1. The molecule has 0 bridgehead atoms. The van der Waals surface area contributed by atoms with Gasteiger partial charge < -0.3 is 25.8 Å². The molecule has 1 atom stereocenters. The van der Waals surface area contributed by atoms with Gasteiger partial charge in [0.25, 0.3) is 5.91 Å². The van der Waals surface area contributed by atoms with Crippen molar-refractivity contribution in [3.8, 4) is 0 Å². The Labute approximate surface area is 273 Å². The number of aromatic nitrogens is 2. The average Bonchev–Trinajstić information content (AvgIpc) is 3.42. The van der Waals surface area contributed by atoms with Gasteiger partial charge >= 0.3 is 24.3 Å². The van der Waals surface area contributed by atoms with E-state index in [0.717, 1.165) is 27.6 Å². The van der Waals surface area contributed by atoms with Crippen LogP contribution in [0.4, 0.5) is 26.3 Å². The van der Waals surface area contributed by atoms with E-state index in [2.05, 4.69) is 10.3 Å². The number of hydrogen-bond acceptors (Lipinski definition) is 5. The van der Waals surface area contributed by atoms with Crippen LogP contribution >= 0.6 is 0 Å². The fourth-order valence-corrected chi connectivity index (χ4v) is 4.31. The first-order chi connectivity index (χ1) is 23.0. The summed E-state index contributed by atoms with van der Waals surface area (Å²) in [4.78, 5) is 35.7. The van der Waals surface area contributed by atoms with E-state index in [9.17, 15) is 31.1 Å². The highest BCUT2D eigenvalue weighted by Crippen LogP contribution is 2.25. The van der Waals surface area contributed by atoms with Crippen LogP contribution in [0.25, 0.3) is 10.9 Å². The number of nitrogens with two attached hydrogens (primary N) is 1. The zero-order valence-corrected chi connectivity index (χ0v) is 25.0. The van der Waals surface area contributed by atoms with Crippen molar-refractivity contribution in [1.29, 1.82) is 5.41 Å². The number of nitrogen functional groups attached to an aromatic ring is 1. The van der Waals surface area contributed by atoms with Crippen molar-refractivity contribution in [2.24, 2.45) is 5.73 Å². The highest BCUT2D eigenvalue weighted by atomic mass is 19.4. The SMILES string of the molecule is N=C(N)c1ccc(Cn2c(C(=O)NC(c3ccccc3)c3ccncc3)cc3ccccc32)cc1.O=C(O)C(F)(F)F.O=C(O)C(F)(F)F. The minimum atomic E-state index is -5.08. The molecule has 3 aromatic carbocycles. The lowest BCUT2D eigenvalue weighted by molar-refractivity contribution is -0.193. The number of amidine groups is 1. The van der Waals surface area contributed by atoms with Crippen LogP contribution in [-0.4, -0.2) is 55.8 Å². The Hall–Kier alpha value is -6.19. The number of halogens is 6. The summed E-state index contributed by atoms with van der Waals surface area (Å²) in [6.07, 6.45) is -6.70. The molecule has 5 rings (SSSR count). The summed E-state index contributed by atoms with van der Waals surface area (Å²) in [6, 6.07) is 30.9. The number of aliphatic carboxylic acids is 2. The van der Waals surface area contributed by atoms with E-state index in [4.69, 9.17) is 30.9 Å². The molecular weight excluding hydrogens is 660 g/mol. The lowest BCUT2D eigenvalue weighted by Crippen LogP contribution is -2.31. The number of benzene rings is 3. The van der Waals surface area contributed by atoms with Crippen LogP contribution in [0.15, 0.2) is 109 Å². The first kappa shape index (κ1) is 37.3. The van der Waals surface area contributed by atoms with Crippen LogP contribution in [0.5, 0.6) is 0 Å². The van der Waals surface area contributed by atoms with Crippen molar-refractivity contribution in [2.75, 3.05) is 0 Å². The number of pyridine rings is 1. The maximum atomic E-state index is 13.7. The summed E-state index contributed by atoms with van der Waals surface area (Å²) >= 11 is 0. The van der Waals surface area contributed by atoms with Crippen molar-refractivity contribution in [2.45, 2.75) is 24.9 Å². The normalized spacial score (nSPS) is 11.6. The van der Waals surface area contributed by atoms with Gasteiger partial charge in [-0.1, -0.05) is 72.8 Å². The van der Waals surface area contributed by atoms with Crippen molar-refractivity contribution >= 4 is 34.6 Å². The Balaban J connectivity index is 0.000000392. The Kier molecular flexibility index (Phi) is 12.2. The molecule has 0 spiro atoms. The summed E-state index contributed by atoms with van der Waals surface area (Å²) in [5.74, 6) is -5.64. The second kappa shape index (κ2) is 16.1. The fraction of sp³-hybridized carbons (Fsp3) is 0.121. The second-order valence-corrected chi connectivity index (χ2v) is 9.99. The van der Waals surface area contributed by atoms with Crippen LogP contribution in [-0.2, 0) is 16.1 Å². The van der Waals surface area contributed by atoms with Gasteiger partial charge in [0.15, 0.2) is 0 Å². The molecular formula is C33H27F6N5O5. The summed E-state index contributed by atoms with van der Waals surface area (Å²) in [6.45, 7) is 0.514. The van der Waals surface area contributed by atoms with Gasteiger partial charge in [-0.25, -0.2) is 9.59 Å². The molecule has 6 N–H and O–H groups in total. The number of carboxylic acid groups (broad SMARTS) is 2. The van der Waals surface area contributed by atoms with E-state index in [1.54, 1.807) is 12.4 Å². The van der Waals surface area contributed by atoms with Crippen LogP contribution in [0.2, 0.25) is 0 Å². The lowest BCUT2D eigenvalue weighted by Gasteiger charge is -2.20. The standard InChI is InChI=1S/C29H25N5O.2C2HF3O2/c30-28(31)23-12-10-20(11-13-23)19-34-25-9-5-4-8-24(25)18-26(34)29(35)33-27(21-6-2-1-3-7-21)22-14-16-32-17-15-22;2*3-2(4,5)1(6)7/h1-18,27H,19H2,(H3,30,31)(H,33,35);2*(H,6,7). The fourth-order valence-electron chi connectivity index (χ4n) is 4.31. The average molecular weight is 688 g/mol. The minimum Gasteiger partial charge on any atom is -0.475 e. The molecule has 0 aliphatic carbocycles. The number of hydrogen-bond donors (Lipinski definition) is 5. The molecule has 5 aromatic rings. The molecule has 0 aliphatic rings. The molecule has 49 heavy (non-hydrogen) atoms. The van der Waals surface area contributed by atoms with E-state index in [-0.39, 0.29) is 17.8 Å². The maximum absolute atomic E-state index is 13.7. The number of alkyl halides is 6. The zero-order chi connectivity index (χ0) is 36.4. The predicted octanol–water partition coefficient (Wildman–Crippen LogP) is 6.15. The molecule has 16 heteroatoms. The molecule has 10 nitrogen and oxygen atoms in total. The zero-order valence-electron chi connectivity index (χ0n) is 25.0. The summed E-state index contributed by atoms with van der Waals surface area (Å²) in [5.41, 5.74) is 10.8. The highest BCUT2D eigenvalue weighted by molar-refractivity contribution is 5.99. The van der Waals surface area contributed by atoms with Crippen LogP contribution in [0, 0.1) is 5.41 Å². The van der Waals surface area contributed by atoms with E-state index in [1.165, 1.54) is 0 Å². The smallest absolute Gasteiger partial charge is 0.475 e. The largest absolute Gasteiger partial charge is 0.490 e. The first-order valence-corrected chi connectivity index (χ1v) is 13.9. The number of carboxylic acids is 2. The molecule has 0 radical (unpaired) electrons. The molecule has 2 heterocycles. The quantitative estimate of drug-likeness (QED) is 0.0775. The monoisotopic (exact) mass is 687 g/mol. The molecule has 0 saturated carbocycles. The molecule has 1 amide bonds. The van der Waals surface area contributed by atoms with Crippen molar-refractivity contribution < 1.29 is 50.9 Å². The van der Waals surface area contributed by atoms with Crippen molar-refractivity contribution in [1.82, 2.24) is 14.9 Å². The number of rotatable bonds is 7. The third-order valence-electron chi connectivity index (χ3n) is 6.58. The first-order valence-electron chi connectivity index (χ1n) is 13.9. The number of nitrogens with one attached hydrogen (secondary N) is 2. The lowest BCUT2D eigenvalue weighted by atomic mass is 9.99. The number of nitrogens with zero attached hydrogens (tertiary/aromatic N) is 2. The highest BCUT2D eigenvalue weighted by Gasteiger charge is 2.38. The molecule has 256 valence electrons. The van der Waals surface area contributed by atoms with Crippen molar-refractivity contribution in [3.05, 3.63) is 137 Å². The summed E-state index contributed by atoms with van der Waals surface area (Å²) in [5, 5.41) is 26.1. The number of carbonyl (C=O) groups excluding carboxylic acids is 1. The second-order valence-electron chi connectivity index (χ2n) is 9.99. The third-order valence-corrected chi connectivity index (χ3v) is 6.58. The predicted molar refractivity (Wildman–Crippen MR) is 166 cm³/mol. The molecule has 0 saturated heterocycles. The van der Waals surface area contributed by atoms with E-state index in [0.29, 0.717) is 17.8 Å². The van der Waals surface area contributed by atoms with Crippen LogP contribution in [0.3, 0.4) is 0 Å². The van der Waals surface area contributed by atoms with Crippen LogP contribution < -0.4 is 11.1 Å². The number of para-hydroxylation sites is 1. The van der Waals surface area contributed by atoms with Gasteiger partial charge in [0.05, 0.1) is 6.04 Å². The minimum absolute atomic E-state index is 0.0334. The Morgan fingerprint density at radius 2 is 1.27 bits per heavy atom. The van der Waals surface area contributed by atoms with E-state index in [1.807, 2.05) is 102 Å². The van der Waals surface area contributed by atoms with E-state index < -0.39 is 24.3 Å². The Bertz CT molecular complexity index is 1830. The Morgan fingerprint density at radius 3 is 1.78 bits per heavy atom. The van der Waals surface area contributed by atoms with Gasteiger partial charge in [0.1, 0.15) is 11.5 Å². The van der Waals surface area contributed by atoms with Gasteiger partial charge in [-0.15, -0.1) is 0 Å². The van der Waals surface area contributed by atoms with Gasteiger partial charge in [0, 0.05) is 35.4 Å². The molecule has 0 fully saturated rings. The van der Waals surface area contributed by atoms with E-state index >= 15 is 0 Å². The van der Waals surface area contributed by atoms with Gasteiger partial charge in [-0.2, -0.15) is 26.3 Å². The number of carbonyl (C=O) groups is 3. The summed E-state index contributed by atoms with van der Waals surface area (Å²) in [7, 11) is 0. The third kappa shape index (κ3) is 10.7. The topological polar surface area (TPSA) is 171 Å². The molecule has 1 unspecified atom stereocenters. The maximum Gasteiger partial charge on any atom is 0.490 e. The Morgan fingerprint density at radius 1 is 0.776 bits per heavy atom. The van der Waals surface area contributed by atoms with Gasteiger partial charge in [-0.3, -0.25) is 15.2 Å². The van der Waals surface area contributed by atoms with Crippen LogP contribution in [0.1, 0.15) is 38.8 Å².